The molecule has 4 aromatic heterocycles. The van der Waals surface area contributed by atoms with E-state index < -0.39 is 23.0 Å². The molecule has 0 bridgehead atoms. The lowest BCUT2D eigenvalue weighted by Gasteiger charge is -2.30. The molecule has 0 radical (unpaired) electrons. The molecule has 0 spiro atoms. The number of alkyl halides is 3. The molecular formula is C108H123Cl2F3N10O9. The highest BCUT2D eigenvalue weighted by molar-refractivity contribution is 6.42. The Hall–Kier alpha value is -11.3. The number of nitrogens with zero attached hydrogens (tertiary/aromatic N) is 6. The molecule has 4 N–H and O–H groups in total. The zero-order valence-electron chi connectivity index (χ0n) is 76.6. The predicted octanol–water partition coefficient (Wildman–Crippen LogP) is 19.6. The molecule has 19 nitrogen and oxygen atoms in total. The Labute approximate surface area is 779 Å². The zero-order chi connectivity index (χ0) is 93.1. The molecule has 1 saturated heterocycles. The van der Waals surface area contributed by atoms with Crippen molar-refractivity contribution in [3.05, 3.63) is 412 Å². The molecule has 5 aliphatic rings. The van der Waals surface area contributed by atoms with Crippen molar-refractivity contribution in [3.8, 4) is 0 Å². The van der Waals surface area contributed by atoms with E-state index >= 15 is 0 Å². The molecule has 5 heterocycles. The first-order valence-electron chi connectivity index (χ1n) is 46.9. The van der Waals surface area contributed by atoms with Crippen LogP contribution in [0.25, 0.3) is 0 Å². The molecule has 24 heteroatoms. The van der Waals surface area contributed by atoms with Crippen molar-refractivity contribution >= 4 is 23.2 Å². The first-order valence-corrected chi connectivity index (χ1v) is 47.7. The Balaban J connectivity index is 0.000000142. The summed E-state index contributed by atoms with van der Waals surface area (Å²) < 4.78 is 49.8. The molecule has 4 aliphatic carbocycles. The van der Waals surface area contributed by atoms with Gasteiger partial charge in [-0.25, -0.2) is 19.2 Å². The summed E-state index contributed by atoms with van der Waals surface area (Å²) in [5, 5.41) is 0.918. The number of likely N-dealkylation sites (N-methyl/N-ethyl adjacent to an activating group) is 1. The highest BCUT2D eigenvalue weighted by Crippen LogP contribution is 2.46. The minimum Gasteiger partial charge on any atom is -0.379 e. The van der Waals surface area contributed by atoms with Crippen molar-refractivity contribution in [2.24, 2.45) is 14.1 Å². The highest BCUT2D eigenvalue weighted by Gasteiger charge is 2.35. The Morgan fingerprint density at radius 2 is 0.697 bits per heavy atom. The number of benzene rings is 8. The number of aromatic nitrogens is 8. The maximum atomic E-state index is 13.9. The average Bonchev–Trinajstić information content (AvgIpc) is 0.789. The zero-order valence-corrected chi connectivity index (χ0v) is 78.1. The van der Waals surface area contributed by atoms with Crippen molar-refractivity contribution in [2.45, 2.75) is 215 Å². The number of ether oxygens (including phenoxy) is 1. The smallest absolute Gasteiger partial charge is 0.379 e. The van der Waals surface area contributed by atoms with Crippen molar-refractivity contribution in [3.63, 3.8) is 0 Å². The van der Waals surface area contributed by atoms with Crippen molar-refractivity contribution in [1.29, 1.82) is 0 Å². The summed E-state index contributed by atoms with van der Waals surface area (Å²) in [5.74, 6) is 2.62. The van der Waals surface area contributed by atoms with Crippen LogP contribution in [0.1, 0.15) is 263 Å². The van der Waals surface area contributed by atoms with Crippen molar-refractivity contribution < 1.29 is 17.9 Å². The predicted molar refractivity (Wildman–Crippen MR) is 521 cm³/mol. The van der Waals surface area contributed by atoms with E-state index in [9.17, 15) is 51.5 Å². The van der Waals surface area contributed by atoms with Crippen LogP contribution < -0.4 is 45.0 Å². The fourth-order valence-corrected chi connectivity index (χ4v) is 20.8. The largest absolute Gasteiger partial charge is 0.416 e. The molecule has 17 rings (SSSR count). The summed E-state index contributed by atoms with van der Waals surface area (Å²) >= 11 is 12.8. The third-order valence-corrected chi connectivity index (χ3v) is 28.7. The van der Waals surface area contributed by atoms with Crippen LogP contribution in [0.4, 0.5) is 13.2 Å². The number of hydrogen-bond acceptors (Lipinski definition) is 11. The first-order chi connectivity index (χ1) is 63.7. The van der Waals surface area contributed by atoms with Gasteiger partial charge in [-0.2, -0.15) is 13.2 Å². The molecule has 0 atom stereocenters. The Kier molecular flexibility index (Phi) is 33.3. The van der Waals surface area contributed by atoms with Gasteiger partial charge in [0.25, 0.3) is 22.2 Å². The van der Waals surface area contributed by atoms with E-state index in [2.05, 4.69) is 166 Å². The average molecular weight is 1830 g/mol. The van der Waals surface area contributed by atoms with Gasteiger partial charge >= 0.3 is 28.9 Å². The number of H-pyrrole nitrogens is 4. The summed E-state index contributed by atoms with van der Waals surface area (Å²) in [6, 6.07) is 69.2. The quantitative estimate of drug-likeness (QED) is 0.0470. The van der Waals surface area contributed by atoms with E-state index in [0.29, 0.717) is 95.0 Å². The third kappa shape index (κ3) is 24.8. The molecule has 5 fully saturated rings. The van der Waals surface area contributed by atoms with Crippen LogP contribution in [0, 0.1) is 13.8 Å². The lowest BCUT2D eigenvalue weighted by molar-refractivity contribution is -0.137. The molecule has 12 aromatic rings. The van der Waals surface area contributed by atoms with Gasteiger partial charge in [-0.1, -0.05) is 235 Å². The maximum Gasteiger partial charge on any atom is 0.416 e. The van der Waals surface area contributed by atoms with Crippen LogP contribution in [-0.2, 0) is 63.8 Å². The minimum absolute atomic E-state index is 0.00244. The first kappa shape index (κ1) is 96.8. The molecular weight excluding hydrogens is 1710 g/mol. The Morgan fingerprint density at radius 3 is 1.06 bits per heavy atom. The fourth-order valence-electron chi connectivity index (χ4n) is 20.4. The third-order valence-electron chi connectivity index (χ3n) is 27.8. The van der Waals surface area contributed by atoms with Gasteiger partial charge in [0.2, 0.25) is 0 Å². The van der Waals surface area contributed by atoms with E-state index in [-0.39, 0.29) is 63.8 Å². The summed E-state index contributed by atoms with van der Waals surface area (Å²) in [7, 11) is 6.84. The number of aryl methyl sites for hydroxylation is 2. The van der Waals surface area contributed by atoms with E-state index in [1.54, 1.807) is 19.2 Å². The molecule has 0 amide bonds. The monoisotopic (exact) mass is 1830 g/mol. The minimum atomic E-state index is -4.45. The van der Waals surface area contributed by atoms with Crippen LogP contribution in [0.15, 0.2) is 251 Å². The van der Waals surface area contributed by atoms with Gasteiger partial charge in [-0.05, 0) is 241 Å². The maximum absolute atomic E-state index is 13.9. The van der Waals surface area contributed by atoms with Gasteiger partial charge in [0, 0.05) is 124 Å². The summed E-state index contributed by atoms with van der Waals surface area (Å²) in [6.45, 7) is 9.59. The lowest BCUT2D eigenvalue weighted by Crippen LogP contribution is -2.41. The van der Waals surface area contributed by atoms with E-state index in [1.165, 1.54) is 60.2 Å². The lowest BCUT2D eigenvalue weighted by atomic mass is 9.76. The number of aromatic amines is 4. The Morgan fingerprint density at radius 1 is 0.371 bits per heavy atom. The molecule has 0 unspecified atom stereocenters. The topological polar surface area (TPSA) is 235 Å². The second-order valence-electron chi connectivity index (χ2n) is 37.0. The molecule has 4 saturated carbocycles. The SMILES string of the molecule is Cc1cccc(Cc2c(C3CCC(c4ccccc4)CC3)[nH]c(=O)n(C)c2=O)c1.Cc1cccc(Cc2c(C3CCC(c4ccccc4)CC3)[nH]c(=O)n(CCN(C)C)c2=O)c1.Cn1c(=O)[nH]c(C2CCC(c3ccccc3)CC2)c(Cc2cccc(C(F)(F)F)c2)c1=O.O=c1[nH]c(C2CCC(c3ccccc3)CC2)c(Cc2cccc(Cl)c2Cl)c(=O)n1CCCN1CCOCC1. The second kappa shape index (κ2) is 45.4. The molecule has 8 aromatic carbocycles. The number of hydrogen-bond donors (Lipinski definition) is 4. The summed E-state index contributed by atoms with van der Waals surface area (Å²) in [5.41, 5.74) is 13.6. The number of morpholine rings is 1. The summed E-state index contributed by atoms with van der Waals surface area (Å²) in [6.07, 6.45) is 13.4. The van der Waals surface area contributed by atoms with Crippen LogP contribution in [0.3, 0.4) is 0 Å². The molecule has 132 heavy (non-hydrogen) atoms. The van der Waals surface area contributed by atoms with Gasteiger partial charge in [0.1, 0.15) is 0 Å². The molecule has 694 valence electrons. The van der Waals surface area contributed by atoms with E-state index in [0.717, 1.165) is 204 Å². The summed E-state index contributed by atoms with van der Waals surface area (Å²) in [4.78, 5) is 121. The standard InChI is InChI=1S/C30H35Cl2N3O3.C28H35N3O2.C25H25F3N2O2.C25H28N2O2/c31-26-9-4-8-24(27(26)32)20-25-28(23-12-10-22(11-13-23)21-6-2-1-3-7-21)33-30(37)35(29(25)36)15-5-14-34-16-18-38-19-17-34;1-20-8-7-9-21(18-20)19-25-26(29-28(33)31(27(25)32)17-16-30(2)3)24-14-12-23(13-15-24)22-10-5-4-6-11-22;1-30-23(31)21(15-16-6-5-9-20(14-16)25(26,27)28)22(29-24(30)32)19-12-10-18(11-13-19)17-7-3-2-4-8-17;1-17-7-6-8-18(15-17)16-22-23(26-25(29)27(2)24(22)28)21-13-11-20(12-14-21)19-9-4-3-5-10-19/h1-4,6-9,22-23H,5,10-20H2,(H,33,37);4-11,18,23-24H,12-17,19H2,1-3H3,(H,29,33);2-9,14,18-19H,10-13,15H2,1H3,(H,29,32);3-10,15,20-21H,11-14,16H2,1-2H3,(H,26,29). The van der Waals surface area contributed by atoms with Gasteiger partial charge in [-0.3, -0.25) is 42.3 Å². The van der Waals surface area contributed by atoms with Gasteiger partial charge in [0.05, 0.1) is 28.8 Å². The van der Waals surface area contributed by atoms with E-state index in [4.69, 9.17) is 27.9 Å². The van der Waals surface area contributed by atoms with Crippen LogP contribution >= 0.6 is 23.2 Å². The molecule has 1 aliphatic heterocycles. The second-order valence-corrected chi connectivity index (χ2v) is 37.8. The van der Waals surface area contributed by atoms with Gasteiger partial charge in [0.15, 0.2) is 0 Å². The van der Waals surface area contributed by atoms with Crippen LogP contribution in [0.2, 0.25) is 10.0 Å². The van der Waals surface area contributed by atoms with Crippen LogP contribution in [0.5, 0.6) is 0 Å². The van der Waals surface area contributed by atoms with Crippen molar-refractivity contribution in [1.82, 2.24) is 48.0 Å². The fraction of sp³-hybridized carbons (Fsp3) is 0.407. The van der Waals surface area contributed by atoms with Gasteiger partial charge < -0.3 is 29.6 Å². The number of nitrogens with one attached hydrogen (secondary N) is 4. The van der Waals surface area contributed by atoms with Gasteiger partial charge in [-0.15, -0.1) is 0 Å². The Bertz CT molecular complexity index is 6390. The van der Waals surface area contributed by atoms with Crippen molar-refractivity contribution in [2.75, 3.05) is 53.5 Å². The van der Waals surface area contributed by atoms with E-state index in [1.807, 2.05) is 73.6 Å². The normalized spacial score (nSPS) is 19.4. The number of halogens is 5. The highest BCUT2D eigenvalue weighted by atomic mass is 35.5. The van der Waals surface area contributed by atoms with Crippen LogP contribution in [-0.4, -0.2) is 101 Å². The number of rotatable bonds is 23.